The first-order valence-electron chi connectivity index (χ1n) is 7.85. The van der Waals surface area contributed by atoms with Gasteiger partial charge in [-0.25, -0.2) is 0 Å². The number of likely N-dealkylation sites (tertiary alicyclic amines) is 1. The Labute approximate surface area is 115 Å². The van der Waals surface area contributed by atoms with Gasteiger partial charge in [-0.05, 0) is 57.0 Å². The molecule has 1 aliphatic heterocycles. The molecule has 2 nitrogen and oxygen atoms in total. The molecule has 1 heterocycles. The van der Waals surface area contributed by atoms with Crippen LogP contribution in [0.1, 0.15) is 60.3 Å². The van der Waals surface area contributed by atoms with Gasteiger partial charge in [0.1, 0.15) is 0 Å². The second-order valence-electron chi connectivity index (χ2n) is 7.33. The van der Waals surface area contributed by atoms with Gasteiger partial charge in [-0.15, -0.1) is 0 Å². The maximum atomic E-state index is 3.66. The van der Waals surface area contributed by atoms with Gasteiger partial charge in [0.15, 0.2) is 0 Å². The van der Waals surface area contributed by atoms with Crippen LogP contribution in [-0.2, 0) is 0 Å². The van der Waals surface area contributed by atoms with Gasteiger partial charge in [0.2, 0.25) is 0 Å². The highest BCUT2D eigenvalue weighted by molar-refractivity contribution is 4.78. The Morgan fingerprint density at radius 1 is 1.06 bits per heavy atom. The molecule has 108 valence electrons. The van der Waals surface area contributed by atoms with Crippen molar-refractivity contribution in [2.75, 3.05) is 26.2 Å². The predicted octanol–water partition coefficient (Wildman–Crippen LogP) is 3.52. The van der Waals surface area contributed by atoms with Crippen LogP contribution in [0, 0.1) is 11.3 Å². The lowest BCUT2D eigenvalue weighted by Gasteiger charge is -2.37. The Morgan fingerprint density at radius 3 is 2.22 bits per heavy atom. The third-order valence-corrected chi connectivity index (χ3v) is 4.31. The first-order chi connectivity index (χ1) is 8.39. The Bertz CT molecular complexity index is 213. The van der Waals surface area contributed by atoms with E-state index in [4.69, 9.17) is 0 Å². The van der Waals surface area contributed by atoms with Crippen molar-refractivity contribution in [1.82, 2.24) is 10.2 Å². The van der Waals surface area contributed by atoms with Crippen molar-refractivity contribution in [2.24, 2.45) is 11.3 Å². The highest BCUT2D eigenvalue weighted by Gasteiger charge is 2.24. The highest BCUT2D eigenvalue weighted by atomic mass is 15.1. The van der Waals surface area contributed by atoms with Crippen LogP contribution in [-0.4, -0.2) is 37.1 Å². The quantitative estimate of drug-likeness (QED) is 0.748. The van der Waals surface area contributed by atoms with E-state index in [0.29, 0.717) is 11.5 Å². The Kier molecular flexibility index (Phi) is 6.65. The molecule has 1 atom stereocenters. The summed E-state index contributed by atoms with van der Waals surface area (Å²) in [7, 11) is 0. The van der Waals surface area contributed by atoms with Gasteiger partial charge >= 0.3 is 0 Å². The molecule has 1 rings (SSSR count). The van der Waals surface area contributed by atoms with Crippen LogP contribution in [0.25, 0.3) is 0 Å². The fraction of sp³-hybridized carbons (Fsp3) is 1.00. The zero-order chi connectivity index (χ0) is 13.6. The molecule has 1 fully saturated rings. The molecule has 0 bridgehead atoms. The van der Waals surface area contributed by atoms with Gasteiger partial charge < -0.3 is 10.2 Å². The Hall–Kier alpha value is -0.0800. The molecule has 2 heteroatoms. The topological polar surface area (TPSA) is 15.3 Å². The zero-order valence-corrected chi connectivity index (χ0v) is 13.3. The minimum Gasteiger partial charge on any atom is -0.313 e. The van der Waals surface area contributed by atoms with Crippen LogP contribution in [0.5, 0.6) is 0 Å². The summed E-state index contributed by atoms with van der Waals surface area (Å²) in [6, 6.07) is 0.675. The SMILES string of the molecule is CC(C)CCC(C)NCCN1CCC(C)(C)CC1. The number of hydrogen-bond acceptors (Lipinski definition) is 2. The number of rotatable bonds is 7. The third kappa shape index (κ3) is 6.75. The summed E-state index contributed by atoms with van der Waals surface area (Å²) >= 11 is 0. The summed E-state index contributed by atoms with van der Waals surface area (Å²) in [6.45, 7) is 16.7. The lowest BCUT2D eigenvalue weighted by atomic mass is 9.83. The van der Waals surface area contributed by atoms with Gasteiger partial charge in [-0.3, -0.25) is 0 Å². The average molecular weight is 254 g/mol. The van der Waals surface area contributed by atoms with Crippen LogP contribution in [0.4, 0.5) is 0 Å². The van der Waals surface area contributed by atoms with E-state index in [0.717, 1.165) is 12.5 Å². The van der Waals surface area contributed by atoms with E-state index < -0.39 is 0 Å². The third-order valence-electron chi connectivity index (χ3n) is 4.31. The minimum atomic E-state index is 0.578. The highest BCUT2D eigenvalue weighted by Crippen LogP contribution is 2.29. The molecule has 1 unspecified atom stereocenters. The molecular formula is C16H34N2. The molecule has 0 aromatic heterocycles. The van der Waals surface area contributed by atoms with Crippen molar-refractivity contribution in [3.63, 3.8) is 0 Å². The first kappa shape index (κ1) is 16.0. The second-order valence-corrected chi connectivity index (χ2v) is 7.33. The van der Waals surface area contributed by atoms with E-state index >= 15 is 0 Å². The molecule has 1 aliphatic rings. The molecule has 1 saturated heterocycles. The van der Waals surface area contributed by atoms with Crippen LogP contribution >= 0.6 is 0 Å². The number of nitrogens with zero attached hydrogens (tertiary/aromatic N) is 1. The normalized spacial score (nSPS) is 22.3. The summed E-state index contributed by atoms with van der Waals surface area (Å²) in [5.41, 5.74) is 0.578. The lowest BCUT2D eigenvalue weighted by Crippen LogP contribution is -2.42. The Morgan fingerprint density at radius 2 is 1.67 bits per heavy atom. The van der Waals surface area contributed by atoms with Gasteiger partial charge in [-0.2, -0.15) is 0 Å². The van der Waals surface area contributed by atoms with E-state index in [-0.39, 0.29) is 0 Å². The van der Waals surface area contributed by atoms with Crippen molar-refractivity contribution < 1.29 is 0 Å². The second kappa shape index (κ2) is 7.49. The van der Waals surface area contributed by atoms with E-state index in [1.807, 2.05) is 0 Å². The molecule has 0 saturated carbocycles. The Balaban J connectivity index is 2.04. The molecule has 0 aliphatic carbocycles. The van der Waals surface area contributed by atoms with E-state index in [1.54, 1.807) is 0 Å². The van der Waals surface area contributed by atoms with Crippen LogP contribution in [0.15, 0.2) is 0 Å². The van der Waals surface area contributed by atoms with E-state index in [9.17, 15) is 0 Å². The largest absolute Gasteiger partial charge is 0.313 e. The molecule has 0 radical (unpaired) electrons. The average Bonchev–Trinajstić information content (AvgIpc) is 2.29. The maximum absolute atomic E-state index is 3.66. The van der Waals surface area contributed by atoms with Crippen LogP contribution in [0.3, 0.4) is 0 Å². The fourth-order valence-electron chi connectivity index (χ4n) is 2.54. The fourth-order valence-corrected chi connectivity index (χ4v) is 2.54. The van der Waals surface area contributed by atoms with Crippen molar-refractivity contribution in [3.8, 4) is 0 Å². The standard InChI is InChI=1S/C16H34N2/c1-14(2)6-7-15(3)17-10-13-18-11-8-16(4,5)9-12-18/h14-15,17H,6-13H2,1-5H3. The van der Waals surface area contributed by atoms with Crippen molar-refractivity contribution in [1.29, 1.82) is 0 Å². The number of hydrogen-bond donors (Lipinski definition) is 1. The summed E-state index contributed by atoms with van der Waals surface area (Å²) in [4.78, 5) is 2.62. The van der Waals surface area contributed by atoms with Crippen molar-refractivity contribution in [2.45, 2.75) is 66.3 Å². The summed E-state index contributed by atoms with van der Waals surface area (Å²) < 4.78 is 0. The summed E-state index contributed by atoms with van der Waals surface area (Å²) in [5.74, 6) is 0.832. The predicted molar refractivity (Wildman–Crippen MR) is 81.0 cm³/mol. The lowest BCUT2D eigenvalue weighted by molar-refractivity contribution is 0.132. The number of nitrogens with one attached hydrogen (secondary N) is 1. The molecule has 18 heavy (non-hydrogen) atoms. The molecule has 0 spiro atoms. The monoisotopic (exact) mass is 254 g/mol. The number of piperidine rings is 1. The van der Waals surface area contributed by atoms with Gasteiger partial charge in [0, 0.05) is 19.1 Å². The van der Waals surface area contributed by atoms with E-state index in [2.05, 4.69) is 44.8 Å². The first-order valence-corrected chi connectivity index (χ1v) is 7.85. The van der Waals surface area contributed by atoms with Gasteiger partial charge in [-0.1, -0.05) is 27.7 Å². The van der Waals surface area contributed by atoms with Crippen LogP contribution < -0.4 is 5.32 Å². The van der Waals surface area contributed by atoms with Crippen LogP contribution in [0.2, 0.25) is 0 Å². The summed E-state index contributed by atoms with van der Waals surface area (Å²) in [6.07, 6.45) is 5.36. The van der Waals surface area contributed by atoms with Crippen molar-refractivity contribution >= 4 is 0 Å². The van der Waals surface area contributed by atoms with Gasteiger partial charge in [0.25, 0.3) is 0 Å². The zero-order valence-electron chi connectivity index (χ0n) is 13.3. The molecule has 0 aromatic rings. The van der Waals surface area contributed by atoms with Gasteiger partial charge in [0.05, 0.1) is 0 Å². The molecule has 0 aromatic carbocycles. The summed E-state index contributed by atoms with van der Waals surface area (Å²) in [5, 5.41) is 3.66. The molecular weight excluding hydrogens is 220 g/mol. The van der Waals surface area contributed by atoms with E-state index in [1.165, 1.54) is 45.3 Å². The maximum Gasteiger partial charge on any atom is 0.0107 e. The molecule has 0 amide bonds. The molecule has 1 N–H and O–H groups in total. The van der Waals surface area contributed by atoms with Crippen molar-refractivity contribution in [3.05, 3.63) is 0 Å². The smallest absolute Gasteiger partial charge is 0.0107 e. The minimum absolute atomic E-state index is 0.578.